The molecule has 0 heterocycles. The van der Waals surface area contributed by atoms with E-state index in [0.29, 0.717) is 6.54 Å². The summed E-state index contributed by atoms with van der Waals surface area (Å²) in [6, 6.07) is 16.3. The molecule has 1 atom stereocenters. The van der Waals surface area contributed by atoms with E-state index in [4.69, 9.17) is 9.84 Å². The molecular weight excluding hydrogens is 384 g/mol. The summed E-state index contributed by atoms with van der Waals surface area (Å²) in [4.78, 5) is 34.4. The zero-order chi connectivity index (χ0) is 21.5. The Morgan fingerprint density at radius 2 is 1.60 bits per heavy atom. The molecule has 0 aromatic heterocycles. The highest BCUT2D eigenvalue weighted by molar-refractivity contribution is 5.79. The lowest BCUT2D eigenvalue weighted by Gasteiger charge is -2.16. The van der Waals surface area contributed by atoms with Gasteiger partial charge in [-0.2, -0.15) is 0 Å². The van der Waals surface area contributed by atoms with Gasteiger partial charge in [-0.25, -0.2) is 4.79 Å². The molecule has 0 bridgehead atoms. The molecule has 0 aliphatic heterocycles. The second-order valence-corrected chi connectivity index (χ2v) is 7.51. The molecule has 0 saturated carbocycles. The van der Waals surface area contributed by atoms with Crippen LogP contribution in [0.15, 0.2) is 48.5 Å². The van der Waals surface area contributed by atoms with Crippen LogP contribution >= 0.6 is 0 Å². The van der Waals surface area contributed by atoms with Gasteiger partial charge in [-0.1, -0.05) is 55.5 Å². The van der Waals surface area contributed by atoms with Crippen LogP contribution in [0.2, 0.25) is 0 Å². The summed E-state index contributed by atoms with van der Waals surface area (Å²) in [5.41, 5.74) is 4.64. The maximum atomic E-state index is 12.2. The molecule has 3 N–H and O–H groups in total. The van der Waals surface area contributed by atoms with Crippen LogP contribution in [0.3, 0.4) is 0 Å². The van der Waals surface area contributed by atoms with Gasteiger partial charge < -0.3 is 20.5 Å². The Labute approximate surface area is 175 Å². The number of alkyl carbamates (subject to hydrolysis) is 1. The number of carbonyl (C=O) groups is 3. The molecule has 1 aliphatic carbocycles. The number of amides is 2. The van der Waals surface area contributed by atoms with Crippen molar-refractivity contribution in [2.75, 3.05) is 19.7 Å². The molecule has 3 rings (SSSR count). The molecule has 2 aromatic carbocycles. The zero-order valence-corrected chi connectivity index (χ0v) is 16.9. The summed E-state index contributed by atoms with van der Waals surface area (Å²) >= 11 is 0. The SMILES string of the molecule is CC(CNC(=O)OCC1c2ccccc2-c2ccccc21)CC(=O)NCCC(=O)O. The number of carboxylic acid groups (broad SMARTS) is 1. The molecule has 158 valence electrons. The Morgan fingerprint density at radius 1 is 1.00 bits per heavy atom. The van der Waals surface area contributed by atoms with Crippen LogP contribution in [0.1, 0.15) is 36.8 Å². The average Bonchev–Trinajstić information content (AvgIpc) is 3.04. The molecule has 1 unspecified atom stereocenters. The Morgan fingerprint density at radius 3 is 2.20 bits per heavy atom. The number of benzene rings is 2. The summed E-state index contributed by atoms with van der Waals surface area (Å²) in [5, 5.41) is 13.8. The minimum atomic E-state index is -0.958. The third-order valence-electron chi connectivity index (χ3n) is 5.13. The lowest BCUT2D eigenvalue weighted by Crippen LogP contribution is -2.33. The van der Waals surface area contributed by atoms with Gasteiger partial charge in [0.1, 0.15) is 6.61 Å². The Kier molecular flexibility index (Phi) is 7.06. The Balaban J connectivity index is 1.45. The maximum absolute atomic E-state index is 12.2. The highest BCUT2D eigenvalue weighted by Crippen LogP contribution is 2.44. The van der Waals surface area contributed by atoms with E-state index in [1.54, 1.807) is 0 Å². The predicted octanol–water partition coefficient (Wildman–Crippen LogP) is 3.14. The summed E-state index contributed by atoms with van der Waals surface area (Å²) in [6.45, 7) is 2.47. The largest absolute Gasteiger partial charge is 0.481 e. The first kappa shape index (κ1) is 21.4. The van der Waals surface area contributed by atoms with E-state index in [-0.39, 0.29) is 43.7 Å². The van der Waals surface area contributed by atoms with E-state index in [1.807, 2.05) is 31.2 Å². The van der Waals surface area contributed by atoms with Crippen LogP contribution in [-0.2, 0) is 14.3 Å². The molecule has 0 saturated heterocycles. The van der Waals surface area contributed by atoms with Crippen molar-refractivity contribution in [3.8, 4) is 11.1 Å². The van der Waals surface area contributed by atoms with Crippen LogP contribution in [0.4, 0.5) is 4.79 Å². The number of carboxylic acids is 1. The van der Waals surface area contributed by atoms with Crippen LogP contribution in [-0.4, -0.2) is 42.8 Å². The first-order valence-corrected chi connectivity index (χ1v) is 10.0. The van der Waals surface area contributed by atoms with E-state index in [1.165, 1.54) is 11.1 Å². The first-order chi connectivity index (χ1) is 14.5. The predicted molar refractivity (Wildman–Crippen MR) is 112 cm³/mol. The lowest BCUT2D eigenvalue weighted by atomic mass is 9.98. The summed E-state index contributed by atoms with van der Waals surface area (Å²) < 4.78 is 5.47. The molecule has 2 amide bonds. The minimum Gasteiger partial charge on any atom is -0.481 e. The number of ether oxygens (including phenoxy) is 1. The number of rotatable bonds is 9. The smallest absolute Gasteiger partial charge is 0.407 e. The second-order valence-electron chi connectivity index (χ2n) is 7.51. The highest BCUT2D eigenvalue weighted by Gasteiger charge is 2.29. The van der Waals surface area contributed by atoms with Crippen molar-refractivity contribution < 1.29 is 24.2 Å². The molecule has 0 fully saturated rings. The van der Waals surface area contributed by atoms with Crippen LogP contribution in [0, 0.1) is 5.92 Å². The molecule has 1 aliphatic rings. The lowest BCUT2D eigenvalue weighted by molar-refractivity contribution is -0.136. The van der Waals surface area contributed by atoms with Gasteiger partial charge in [0.05, 0.1) is 6.42 Å². The fraction of sp³-hybridized carbons (Fsp3) is 0.348. The summed E-state index contributed by atoms with van der Waals surface area (Å²) in [7, 11) is 0. The number of aliphatic carboxylic acids is 1. The van der Waals surface area contributed by atoms with E-state index >= 15 is 0 Å². The Bertz CT molecular complexity index is 882. The molecule has 7 heteroatoms. The van der Waals surface area contributed by atoms with E-state index < -0.39 is 12.1 Å². The number of hydrogen-bond donors (Lipinski definition) is 3. The monoisotopic (exact) mass is 410 g/mol. The van der Waals surface area contributed by atoms with Crippen molar-refractivity contribution >= 4 is 18.0 Å². The number of fused-ring (bicyclic) bond motifs is 3. The Hall–Kier alpha value is -3.35. The molecule has 30 heavy (non-hydrogen) atoms. The van der Waals surface area contributed by atoms with Gasteiger partial charge in [-0.15, -0.1) is 0 Å². The van der Waals surface area contributed by atoms with Gasteiger partial charge in [-0.3, -0.25) is 9.59 Å². The van der Waals surface area contributed by atoms with Crippen molar-refractivity contribution in [3.63, 3.8) is 0 Å². The highest BCUT2D eigenvalue weighted by atomic mass is 16.5. The fourth-order valence-corrected chi connectivity index (χ4v) is 3.68. The van der Waals surface area contributed by atoms with Crippen molar-refractivity contribution in [3.05, 3.63) is 59.7 Å². The van der Waals surface area contributed by atoms with E-state index in [0.717, 1.165) is 11.1 Å². The van der Waals surface area contributed by atoms with Crippen LogP contribution in [0.25, 0.3) is 11.1 Å². The fourth-order valence-electron chi connectivity index (χ4n) is 3.68. The number of carbonyl (C=O) groups excluding carboxylic acids is 2. The van der Waals surface area contributed by atoms with Gasteiger partial charge in [0, 0.05) is 25.4 Å². The average molecular weight is 410 g/mol. The van der Waals surface area contributed by atoms with Gasteiger partial charge in [0.25, 0.3) is 0 Å². The molecular formula is C23H26N2O5. The molecule has 2 aromatic rings. The number of hydrogen-bond acceptors (Lipinski definition) is 4. The standard InChI is InChI=1S/C23H26N2O5/c1-15(12-21(26)24-11-10-22(27)28)13-25-23(29)30-14-20-18-8-4-2-6-16(18)17-7-3-5-9-19(17)20/h2-9,15,20H,10-14H2,1H3,(H,24,26)(H,25,29)(H,27,28). The summed E-state index contributed by atoms with van der Waals surface area (Å²) in [5.74, 6) is -1.30. The molecule has 0 spiro atoms. The first-order valence-electron chi connectivity index (χ1n) is 10.0. The van der Waals surface area contributed by atoms with Crippen molar-refractivity contribution in [2.45, 2.75) is 25.7 Å². The second kappa shape index (κ2) is 9.91. The third-order valence-corrected chi connectivity index (χ3v) is 5.13. The van der Waals surface area contributed by atoms with Crippen molar-refractivity contribution in [1.82, 2.24) is 10.6 Å². The van der Waals surface area contributed by atoms with Crippen LogP contribution in [0.5, 0.6) is 0 Å². The van der Waals surface area contributed by atoms with Crippen LogP contribution < -0.4 is 10.6 Å². The van der Waals surface area contributed by atoms with Gasteiger partial charge in [-0.05, 0) is 28.2 Å². The molecule has 7 nitrogen and oxygen atoms in total. The van der Waals surface area contributed by atoms with Gasteiger partial charge in [0.15, 0.2) is 0 Å². The maximum Gasteiger partial charge on any atom is 0.407 e. The topological polar surface area (TPSA) is 105 Å². The number of nitrogens with one attached hydrogen (secondary N) is 2. The van der Waals surface area contributed by atoms with Crippen molar-refractivity contribution in [2.24, 2.45) is 5.92 Å². The van der Waals surface area contributed by atoms with E-state index in [9.17, 15) is 14.4 Å². The van der Waals surface area contributed by atoms with Gasteiger partial charge in [0.2, 0.25) is 5.91 Å². The van der Waals surface area contributed by atoms with Crippen molar-refractivity contribution in [1.29, 1.82) is 0 Å². The summed E-state index contributed by atoms with van der Waals surface area (Å²) in [6.07, 6.45) is -0.434. The minimum absolute atomic E-state index is 0.000543. The third kappa shape index (κ3) is 5.37. The molecule has 0 radical (unpaired) electrons. The van der Waals surface area contributed by atoms with Gasteiger partial charge >= 0.3 is 12.1 Å². The normalized spacial score (nSPS) is 13.1. The quantitative estimate of drug-likeness (QED) is 0.589. The van der Waals surface area contributed by atoms with E-state index in [2.05, 4.69) is 34.9 Å². The zero-order valence-electron chi connectivity index (χ0n) is 16.9.